The maximum absolute atomic E-state index is 13.6. The van der Waals surface area contributed by atoms with Crippen molar-refractivity contribution < 1.29 is 18.4 Å². The summed E-state index contributed by atoms with van der Waals surface area (Å²) in [4.78, 5) is 23.7. The van der Waals surface area contributed by atoms with Crippen LogP contribution in [-0.2, 0) is 22.4 Å². The maximum Gasteiger partial charge on any atom is 0.240 e. The summed E-state index contributed by atoms with van der Waals surface area (Å²) < 4.78 is 26.5. The lowest BCUT2D eigenvalue weighted by Gasteiger charge is -2.16. The fourth-order valence-corrected chi connectivity index (χ4v) is 2.33. The molecular weight excluding hydrogens is 328 g/mol. The van der Waals surface area contributed by atoms with Crippen LogP contribution in [0.1, 0.15) is 16.7 Å². The van der Waals surface area contributed by atoms with Gasteiger partial charge < -0.3 is 11.1 Å². The molecule has 0 aliphatic rings. The van der Waals surface area contributed by atoms with E-state index in [-0.39, 0.29) is 18.4 Å². The maximum atomic E-state index is 13.6. The van der Waals surface area contributed by atoms with E-state index >= 15 is 0 Å². The van der Waals surface area contributed by atoms with Crippen LogP contribution in [0.25, 0.3) is 0 Å². The summed E-state index contributed by atoms with van der Waals surface area (Å²) in [6, 6.07) is 10.4. The number of primary amides is 1. The summed E-state index contributed by atoms with van der Waals surface area (Å²) >= 11 is 0. The van der Waals surface area contributed by atoms with E-state index in [1.165, 1.54) is 0 Å². The van der Waals surface area contributed by atoms with Gasteiger partial charge in [-0.25, -0.2) is 8.78 Å². The molecule has 2 aromatic rings. The highest BCUT2D eigenvalue weighted by atomic mass is 19.1. The smallest absolute Gasteiger partial charge is 0.240 e. The van der Waals surface area contributed by atoms with E-state index < -0.39 is 29.5 Å². The third-order valence-electron chi connectivity index (χ3n) is 3.61. The molecule has 0 spiro atoms. The summed E-state index contributed by atoms with van der Waals surface area (Å²) in [5, 5.41) is 11.5. The molecule has 0 aliphatic heterocycles. The van der Waals surface area contributed by atoms with Gasteiger partial charge in [-0.1, -0.05) is 24.3 Å². The molecule has 3 N–H and O–H groups in total. The van der Waals surface area contributed by atoms with Crippen LogP contribution in [0.3, 0.4) is 0 Å². The van der Waals surface area contributed by atoms with Gasteiger partial charge in [-0.3, -0.25) is 9.59 Å². The molecule has 128 valence electrons. The minimum absolute atomic E-state index is 0.000421. The van der Waals surface area contributed by atoms with Gasteiger partial charge in [0.2, 0.25) is 11.8 Å². The van der Waals surface area contributed by atoms with Gasteiger partial charge in [0.15, 0.2) is 0 Å². The summed E-state index contributed by atoms with van der Waals surface area (Å²) in [5.41, 5.74) is 6.23. The first-order chi connectivity index (χ1) is 11.9. The average Bonchev–Trinajstić information content (AvgIpc) is 2.57. The zero-order chi connectivity index (χ0) is 18.4. The number of carbonyl (C=O) groups excluding carboxylic acids is 2. The third-order valence-corrected chi connectivity index (χ3v) is 3.61. The number of nitriles is 1. The monoisotopic (exact) mass is 343 g/mol. The number of nitrogens with one attached hydrogen (secondary N) is 1. The largest absolute Gasteiger partial charge is 0.368 e. The predicted octanol–water partition coefficient (Wildman–Crippen LogP) is 1.59. The van der Waals surface area contributed by atoms with Gasteiger partial charge in [-0.15, -0.1) is 0 Å². The standard InChI is InChI=1S/C18H15F2N3O2/c19-14-6-5-12(15(20)9-14)8-17(24)23-16(18(22)25)7-11-3-1-2-4-13(11)10-21/h1-6,9,16H,7-8H2,(H2,22,25)(H,23,24)/t16-/m1/s1. The predicted molar refractivity (Wildman–Crippen MR) is 86.0 cm³/mol. The van der Waals surface area contributed by atoms with Gasteiger partial charge >= 0.3 is 0 Å². The normalized spacial score (nSPS) is 11.4. The molecule has 0 saturated carbocycles. The van der Waals surface area contributed by atoms with Crippen LogP contribution in [0.4, 0.5) is 8.78 Å². The van der Waals surface area contributed by atoms with E-state index in [2.05, 4.69) is 5.32 Å². The number of benzene rings is 2. The molecular formula is C18H15F2N3O2. The van der Waals surface area contributed by atoms with E-state index in [0.717, 1.165) is 12.1 Å². The minimum atomic E-state index is -1.05. The fraction of sp³-hybridized carbons (Fsp3) is 0.167. The Labute approximate surface area is 143 Å². The molecule has 7 heteroatoms. The number of carbonyl (C=O) groups is 2. The first-order valence-corrected chi connectivity index (χ1v) is 7.41. The Balaban J connectivity index is 2.09. The van der Waals surface area contributed by atoms with Crippen LogP contribution in [0.5, 0.6) is 0 Å². The van der Waals surface area contributed by atoms with Crippen LogP contribution < -0.4 is 11.1 Å². The molecule has 2 aromatic carbocycles. The molecule has 0 aliphatic carbocycles. The molecule has 0 aromatic heterocycles. The van der Waals surface area contributed by atoms with E-state index in [1.54, 1.807) is 24.3 Å². The second kappa shape index (κ2) is 8.02. The Morgan fingerprint density at radius 2 is 1.88 bits per heavy atom. The van der Waals surface area contributed by atoms with E-state index in [0.29, 0.717) is 17.2 Å². The van der Waals surface area contributed by atoms with Crippen LogP contribution in [0, 0.1) is 23.0 Å². The van der Waals surface area contributed by atoms with Crippen molar-refractivity contribution in [1.82, 2.24) is 5.32 Å². The Bertz CT molecular complexity index is 846. The lowest BCUT2D eigenvalue weighted by molar-refractivity contribution is -0.127. The molecule has 25 heavy (non-hydrogen) atoms. The molecule has 5 nitrogen and oxygen atoms in total. The fourth-order valence-electron chi connectivity index (χ4n) is 2.33. The van der Waals surface area contributed by atoms with Crippen molar-refractivity contribution >= 4 is 11.8 Å². The van der Waals surface area contributed by atoms with Crippen molar-refractivity contribution in [2.45, 2.75) is 18.9 Å². The molecule has 0 bridgehead atoms. The van der Waals surface area contributed by atoms with Crippen LogP contribution in [-0.4, -0.2) is 17.9 Å². The second-order valence-electron chi connectivity index (χ2n) is 5.41. The van der Waals surface area contributed by atoms with Crippen molar-refractivity contribution in [3.05, 3.63) is 70.8 Å². The summed E-state index contributed by atoms with van der Waals surface area (Å²) in [5.74, 6) is -3.00. The molecule has 0 heterocycles. The van der Waals surface area contributed by atoms with Gasteiger partial charge in [-0.05, 0) is 23.3 Å². The zero-order valence-electron chi connectivity index (χ0n) is 13.1. The van der Waals surface area contributed by atoms with Crippen molar-refractivity contribution in [1.29, 1.82) is 5.26 Å². The minimum Gasteiger partial charge on any atom is -0.368 e. The quantitative estimate of drug-likeness (QED) is 0.834. The number of nitrogens with two attached hydrogens (primary N) is 1. The Morgan fingerprint density at radius 3 is 2.52 bits per heavy atom. The Morgan fingerprint density at radius 1 is 1.16 bits per heavy atom. The Kier molecular flexibility index (Phi) is 5.79. The van der Waals surface area contributed by atoms with E-state index in [4.69, 9.17) is 11.0 Å². The SMILES string of the molecule is N#Cc1ccccc1C[C@@H](NC(=O)Cc1ccc(F)cc1F)C(N)=O. The lowest BCUT2D eigenvalue weighted by Crippen LogP contribution is -2.46. The Hall–Kier alpha value is -3.27. The summed E-state index contributed by atoms with van der Waals surface area (Å²) in [7, 11) is 0. The van der Waals surface area contributed by atoms with Crippen molar-refractivity contribution in [2.24, 2.45) is 5.73 Å². The van der Waals surface area contributed by atoms with Crippen LogP contribution >= 0.6 is 0 Å². The average molecular weight is 343 g/mol. The van der Waals surface area contributed by atoms with Crippen LogP contribution in [0.15, 0.2) is 42.5 Å². The number of rotatable bonds is 6. The molecule has 2 amide bonds. The highest BCUT2D eigenvalue weighted by Gasteiger charge is 2.20. The van der Waals surface area contributed by atoms with Gasteiger partial charge in [0.25, 0.3) is 0 Å². The first kappa shape index (κ1) is 18.1. The van der Waals surface area contributed by atoms with Crippen molar-refractivity contribution in [3.8, 4) is 6.07 Å². The van der Waals surface area contributed by atoms with Crippen molar-refractivity contribution in [2.75, 3.05) is 0 Å². The molecule has 0 saturated heterocycles. The number of nitrogens with zero attached hydrogens (tertiary/aromatic N) is 1. The van der Waals surface area contributed by atoms with Gasteiger partial charge in [-0.2, -0.15) is 5.26 Å². The first-order valence-electron chi connectivity index (χ1n) is 7.41. The number of amides is 2. The molecule has 1 atom stereocenters. The van der Waals surface area contributed by atoms with E-state index in [9.17, 15) is 18.4 Å². The summed E-state index contributed by atoms with van der Waals surface area (Å²) in [6.07, 6.45) is -0.327. The number of hydrogen-bond donors (Lipinski definition) is 2. The molecule has 0 radical (unpaired) electrons. The highest BCUT2D eigenvalue weighted by molar-refractivity contribution is 5.87. The van der Waals surface area contributed by atoms with Crippen molar-refractivity contribution in [3.63, 3.8) is 0 Å². The van der Waals surface area contributed by atoms with Gasteiger partial charge in [0.05, 0.1) is 18.1 Å². The molecule has 0 unspecified atom stereocenters. The topological polar surface area (TPSA) is 96.0 Å². The number of hydrogen-bond acceptors (Lipinski definition) is 3. The molecule has 0 fully saturated rings. The number of halogens is 2. The zero-order valence-corrected chi connectivity index (χ0v) is 13.1. The van der Waals surface area contributed by atoms with Crippen LogP contribution in [0.2, 0.25) is 0 Å². The lowest BCUT2D eigenvalue weighted by atomic mass is 10.00. The van der Waals surface area contributed by atoms with E-state index in [1.807, 2.05) is 6.07 Å². The molecule has 2 rings (SSSR count). The summed E-state index contributed by atoms with van der Waals surface area (Å²) in [6.45, 7) is 0. The second-order valence-corrected chi connectivity index (χ2v) is 5.41. The highest BCUT2D eigenvalue weighted by Crippen LogP contribution is 2.12. The third kappa shape index (κ3) is 4.85. The van der Waals surface area contributed by atoms with Gasteiger partial charge in [0.1, 0.15) is 17.7 Å². The van der Waals surface area contributed by atoms with Gasteiger partial charge in [0, 0.05) is 12.5 Å².